The Morgan fingerprint density at radius 1 is 1.43 bits per heavy atom. The molecule has 0 unspecified atom stereocenters. The van der Waals surface area contributed by atoms with Gasteiger partial charge in [-0.2, -0.15) is 0 Å². The van der Waals surface area contributed by atoms with Crippen molar-refractivity contribution in [2.75, 3.05) is 5.73 Å². The van der Waals surface area contributed by atoms with E-state index in [4.69, 9.17) is 11.5 Å². The van der Waals surface area contributed by atoms with Crippen LogP contribution in [0.25, 0.3) is 0 Å². The number of aryl methyl sites for hydroxylation is 2. The van der Waals surface area contributed by atoms with Crippen LogP contribution in [0.3, 0.4) is 0 Å². The molecule has 1 aromatic rings. The van der Waals surface area contributed by atoms with E-state index in [9.17, 15) is 0 Å². The van der Waals surface area contributed by atoms with Crippen LogP contribution in [0.2, 0.25) is 0 Å². The van der Waals surface area contributed by atoms with Gasteiger partial charge in [-0.15, -0.1) is 0 Å². The minimum absolute atomic E-state index is 0.0862. The number of nitrogens with zero attached hydrogens (tertiary/aromatic N) is 1. The van der Waals surface area contributed by atoms with Gasteiger partial charge in [0.05, 0.1) is 0 Å². The molecule has 3 nitrogen and oxygen atoms in total. The zero-order valence-corrected chi connectivity index (χ0v) is 8.75. The minimum atomic E-state index is 0.0862. The summed E-state index contributed by atoms with van der Waals surface area (Å²) in [7, 11) is 0. The number of nitrogen functional groups attached to an aromatic ring is 1. The zero-order chi connectivity index (χ0) is 10.3. The molecule has 0 amide bonds. The van der Waals surface area contributed by atoms with E-state index >= 15 is 0 Å². The Hall–Kier alpha value is -1.09. The molecule has 0 saturated heterocycles. The summed E-state index contributed by atoms with van der Waals surface area (Å²) >= 11 is 0. The third kappa shape index (κ3) is 1.60. The van der Waals surface area contributed by atoms with Gasteiger partial charge in [-0.25, -0.2) is 4.98 Å². The molecule has 1 heterocycles. The molecule has 76 valence electrons. The first-order valence-electron chi connectivity index (χ1n) is 5.09. The smallest absolute Gasteiger partial charge is 0.128 e. The standard InChI is InChI=1S/C11H17N3/c1-6-5-7(2)14-11(13)9(6)10(12)8-3-4-8/h5,8,10H,3-4,12H2,1-2H3,(H2,13,14)/t10-/m1/s1. The lowest BCUT2D eigenvalue weighted by Crippen LogP contribution is -2.17. The van der Waals surface area contributed by atoms with E-state index in [1.807, 2.05) is 13.0 Å². The van der Waals surface area contributed by atoms with E-state index < -0.39 is 0 Å². The Morgan fingerprint density at radius 3 is 2.57 bits per heavy atom. The summed E-state index contributed by atoms with van der Waals surface area (Å²) in [6, 6.07) is 2.14. The van der Waals surface area contributed by atoms with Crippen molar-refractivity contribution >= 4 is 5.82 Å². The summed E-state index contributed by atoms with van der Waals surface area (Å²) in [5.74, 6) is 1.24. The molecular weight excluding hydrogens is 174 g/mol. The fraction of sp³-hybridized carbons (Fsp3) is 0.545. The predicted molar refractivity (Wildman–Crippen MR) is 57.8 cm³/mol. The number of pyridine rings is 1. The summed E-state index contributed by atoms with van der Waals surface area (Å²) in [6.45, 7) is 4.01. The third-order valence-corrected chi connectivity index (χ3v) is 2.89. The summed E-state index contributed by atoms with van der Waals surface area (Å²) in [6.07, 6.45) is 2.46. The number of hydrogen-bond donors (Lipinski definition) is 2. The molecule has 3 heteroatoms. The minimum Gasteiger partial charge on any atom is -0.383 e. The molecule has 1 aliphatic rings. The Bertz CT molecular complexity index is 333. The normalized spacial score (nSPS) is 18.2. The van der Waals surface area contributed by atoms with Gasteiger partial charge in [0.1, 0.15) is 5.82 Å². The molecule has 0 spiro atoms. The second-order valence-corrected chi connectivity index (χ2v) is 4.24. The number of hydrogen-bond acceptors (Lipinski definition) is 3. The van der Waals surface area contributed by atoms with E-state index in [1.54, 1.807) is 0 Å². The molecule has 1 saturated carbocycles. The highest BCUT2D eigenvalue weighted by Gasteiger charge is 2.31. The van der Waals surface area contributed by atoms with E-state index in [0.717, 1.165) is 11.3 Å². The van der Waals surface area contributed by atoms with Crippen LogP contribution in [-0.2, 0) is 0 Å². The Morgan fingerprint density at radius 2 is 2.07 bits per heavy atom. The van der Waals surface area contributed by atoms with E-state index in [-0.39, 0.29) is 6.04 Å². The van der Waals surface area contributed by atoms with Gasteiger partial charge in [-0.1, -0.05) is 0 Å². The van der Waals surface area contributed by atoms with Crippen LogP contribution in [0.4, 0.5) is 5.82 Å². The van der Waals surface area contributed by atoms with Crippen LogP contribution in [0, 0.1) is 19.8 Å². The van der Waals surface area contributed by atoms with Crippen molar-refractivity contribution in [1.82, 2.24) is 4.98 Å². The van der Waals surface area contributed by atoms with Gasteiger partial charge in [0.25, 0.3) is 0 Å². The maximum absolute atomic E-state index is 6.13. The molecule has 2 rings (SSSR count). The van der Waals surface area contributed by atoms with Crippen molar-refractivity contribution in [3.8, 4) is 0 Å². The van der Waals surface area contributed by atoms with Crippen molar-refractivity contribution in [3.63, 3.8) is 0 Å². The van der Waals surface area contributed by atoms with Gasteiger partial charge in [0.2, 0.25) is 0 Å². The summed E-state index contributed by atoms with van der Waals surface area (Å²) in [5.41, 5.74) is 15.2. The van der Waals surface area contributed by atoms with Gasteiger partial charge in [0, 0.05) is 17.3 Å². The van der Waals surface area contributed by atoms with Crippen LogP contribution in [0.5, 0.6) is 0 Å². The highest BCUT2D eigenvalue weighted by molar-refractivity contribution is 5.48. The Labute approximate surface area is 84.5 Å². The third-order valence-electron chi connectivity index (χ3n) is 2.89. The fourth-order valence-corrected chi connectivity index (χ4v) is 2.00. The molecule has 0 bridgehead atoms. The van der Waals surface area contributed by atoms with Gasteiger partial charge in [0.15, 0.2) is 0 Å². The molecule has 0 radical (unpaired) electrons. The molecular formula is C11H17N3. The first-order valence-corrected chi connectivity index (χ1v) is 5.09. The molecule has 0 aliphatic heterocycles. The molecule has 1 fully saturated rings. The van der Waals surface area contributed by atoms with E-state index in [2.05, 4.69) is 11.9 Å². The van der Waals surface area contributed by atoms with Crippen molar-refractivity contribution in [2.24, 2.45) is 11.7 Å². The van der Waals surface area contributed by atoms with Crippen LogP contribution in [0.1, 0.15) is 35.7 Å². The highest BCUT2D eigenvalue weighted by Crippen LogP contribution is 2.41. The molecule has 1 atom stereocenters. The van der Waals surface area contributed by atoms with Crippen molar-refractivity contribution in [3.05, 3.63) is 22.9 Å². The topological polar surface area (TPSA) is 64.9 Å². The predicted octanol–water partition coefficient (Wildman–Crippen LogP) is 1.69. The molecule has 1 aliphatic carbocycles. The zero-order valence-electron chi connectivity index (χ0n) is 8.75. The second-order valence-electron chi connectivity index (χ2n) is 4.24. The Balaban J connectivity index is 2.40. The van der Waals surface area contributed by atoms with Crippen LogP contribution < -0.4 is 11.5 Å². The van der Waals surface area contributed by atoms with E-state index in [0.29, 0.717) is 11.7 Å². The lowest BCUT2D eigenvalue weighted by Gasteiger charge is -2.16. The van der Waals surface area contributed by atoms with Crippen LogP contribution in [-0.4, -0.2) is 4.98 Å². The maximum Gasteiger partial charge on any atom is 0.128 e. The first-order chi connectivity index (χ1) is 6.59. The van der Waals surface area contributed by atoms with E-state index in [1.165, 1.54) is 18.4 Å². The van der Waals surface area contributed by atoms with Crippen LogP contribution >= 0.6 is 0 Å². The molecule has 14 heavy (non-hydrogen) atoms. The van der Waals surface area contributed by atoms with Crippen molar-refractivity contribution in [1.29, 1.82) is 0 Å². The molecule has 4 N–H and O–H groups in total. The summed E-state index contributed by atoms with van der Waals surface area (Å²) in [4.78, 5) is 4.26. The summed E-state index contributed by atoms with van der Waals surface area (Å²) in [5, 5.41) is 0. The monoisotopic (exact) mass is 191 g/mol. The fourth-order valence-electron chi connectivity index (χ4n) is 2.00. The SMILES string of the molecule is Cc1cc(C)c([C@H](N)C2CC2)c(N)n1. The average Bonchev–Trinajstić information content (AvgIpc) is 2.83. The van der Waals surface area contributed by atoms with Crippen molar-refractivity contribution in [2.45, 2.75) is 32.7 Å². The number of rotatable bonds is 2. The largest absolute Gasteiger partial charge is 0.383 e. The molecule has 0 aromatic carbocycles. The number of anilines is 1. The lowest BCUT2D eigenvalue weighted by molar-refractivity contribution is 0.629. The lowest BCUT2D eigenvalue weighted by atomic mass is 9.99. The van der Waals surface area contributed by atoms with Crippen molar-refractivity contribution < 1.29 is 0 Å². The second kappa shape index (κ2) is 3.24. The quantitative estimate of drug-likeness (QED) is 0.747. The average molecular weight is 191 g/mol. The van der Waals surface area contributed by atoms with Gasteiger partial charge in [-0.05, 0) is 44.2 Å². The van der Waals surface area contributed by atoms with Gasteiger partial charge in [-0.3, -0.25) is 0 Å². The van der Waals surface area contributed by atoms with Gasteiger partial charge < -0.3 is 11.5 Å². The maximum atomic E-state index is 6.13. The number of nitrogens with two attached hydrogens (primary N) is 2. The van der Waals surface area contributed by atoms with Gasteiger partial charge >= 0.3 is 0 Å². The molecule has 1 aromatic heterocycles. The van der Waals surface area contributed by atoms with Crippen LogP contribution in [0.15, 0.2) is 6.07 Å². The highest BCUT2D eigenvalue weighted by atomic mass is 14.9. The Kier molecular flexibility index (Phi) is 2.19. The number of aromatic nitrogens is 1. The first kappa shape index (κ1) is 9.46. The summed E-state index contributed by atoms with van der Waals surface area (Å²) < 4.78 is 0.